The number of hydrogen-bond donors (Lipinski definition) is 0. The van der Waals surface area contributed by atoms with Crippen LogP contribution in [0.1, 0.15) is 30.0 Å². The van der Waals surface area contributed by atoms with Gasteiger partial charge in [-0.15, -0.1) is 0 Å². The summed E-state index contributed by atoms with van der Waals surface area (Å²) >= 11 is 0. The maximum Gasteiger partial charge on any atom is 0.226 e. The van der Waals surface area contributed by atoms with Crippen molar-refractivity contribution in [3.05, 3.63) is 58.9 Å². The van der Waals surface area contributed by atoms with Crippen molar-refractivity contribution in [3.63, 3.8) is 0 Å². The Labute approximate surface area is 136 Å². The maximum atomic E-state index is 14.2. The molecule has 4 heteroatoms. The number of carbonyl (C=O) groups excluding carboxylic acids is 1. The number of nitrogens with zero attached hydrogens (tertiary/aromatic N) is 1. The molecule has 2 aromatic rings. The zero-order valence-corrected chi connectivity index (χ0v) is 14.0. The van der Waals surface area contributed by atoms with Gasteiger partial charge in [0.25, 0.3) is 0 Å². The molecule has 0 saturated carbocycles. The Hall–Kier alpha value is -2.36. The van der Waals surface area contributed by atoms with E-state index in [4.69, 9.17) is 4.74 Å². The minimum absolute atomic E-state index is 0.0663. The van der Waals surface area contributed by atoms with E-state index in [9.17, 15) is 9.18 Å². The van der Waals surface area contributed by atoms with Crippen LogP contribution in [-0.4, -0.2) is 13.0 Å². The third kappa shape index (κ3) is 3.89. The van der Waals surface area contributed by atoms with Gasteiger partial charge in [0.2, 0.25) is 5.91 Å². The molecule has 2 aromatic carbocycles. The van der Waals surface area contributed by atoms with Gasteiger partial charge in [-0.1, -0.05) is 30.7 Å². The Morgan fingerprint density at radius 1 is 1.22 bits per heavy atom. The molecule has 0 aliphatic heterocycles. The van der Waals surface area contributed by atoms with Crippen molar-refractivity contribution in [1.29, 1.82) is 0 Å². The number of aryl methyl sites for hydroxylation is 2. The number of benzene rings is 2. The largest absolute Gasteiger partial charge is 0.488 e. The summed E-state index contributed by atoms with van der Waals surface area (Å²) < 4.78 is 20.0. The van der Waals surface area contributed by atoms with Gasteiger partial charge in [0.05, 0.1) is 5.69 Å². The Morgan fingerprint density at radius 2 is 1.96 bits per heavy atom. The minimum Gasteiger partial charge on any atom is -0.488 e. The second-order valence-corrected chi connectivity index (χ2v) is 5.60. The lowest BCUT2D eigenvalue weighted by molar-refractivity contribution is -0.118. The van der Waals surface area contributed by atoms with E-state index in [-0.39, 0.29) is 18.3 Å². The van der Waals surface area contributed by atoms with E-state index in [1.54, 1.807) is 26.1 Å². The van der Waals surface area contributed by atoms with E-state index in [0.717, 1.165) is 11.1 Å². The predicted octanol–water partition coefficient (Wildman–Crippen LogP) is 4.39. The van der Waals surface area contributed by atoms with Crippen molar-refractivity contribution in [1.82, 2.24) is 0 Å². The lowest BCUT2D eigenvalue weighted by atomic mass is 10.1. The second-order valence-electron chi connectivity index (χ2n) is 5.60. The highest BCUT2D eigenvalue weighted by Crippen LogP contribution is 2.26. The molecule has 0 aliphatic rings. The van der Waals surface area contributed by atoms with Gasteiger partial charge in [-0.2, -0.15) is 0 Å². The van der Waals surface area contributed by atoms with E-state index in [0.29, 0.717) is 23.4 Å². The van der Waals surface area contributed by atoms with E-state index in [2.05, 4.69) is 0 Å². The topological polar surface area (TPSA) is 29.5 Å². The third-order valence-electron chi connectivity index (χ3n) is 3.83. The number of hydrogen-bond acceptors (Lipinski definition) is 2. The van der Waals surface area contributed by atoms with Crippen molar-refractivity contribution in [2.24, 2.45) is 0 Å². The Kier molecular flexibility index (Phi) is 5.37. The number of carbonyl (C=O) groups is 1. The average molecular weight is 315 g/mol. The standard InChI is InChI=1S/C19H22FNO2/c1-5-19(22)21(4)17-8-6-7-16(20)15(17)12-23-18-10-9-13(2)11-14(18)3/h6-11H,5,12H2,1-4H3. The summed E-state index contributed by atoms with van der Waals surface area (Å²) in [5, 5.41) is 0. The van der Waals surface area contributed by atoms with Gasteiger partial charge >= 0.3 is 0 Å². The fourth-order valence-electron chi connectivity index (χ4n) is 2.49. The van der Waals surface area contributed by atoms with Crippen LogP contribution in [0.3, 0.4) is 0 Å². The fourth-order valence-corrected chi connectivity index (χ4v) is 2.49. The van der Waals surface area contributed by atoms with Gasteiger partial charge in [-0.25, -0.2) is 4.39 Å². The Morgan fingerprint density at radius 3 is 2.61 bits per heavy atom. The number of amides is 1. The first kappa shape index (κ1) is 17.0. The zero-order valence-electron chi connectivity index (χ0n) is 14.0. The molecule has 122 valence electrons. The summed E-state index contributed by atoms with van der Waals surface area (Å²) in [6.07, 6.45) is 0.365. The lowest BCUT2D eigenvalue weighted by Gasteiger charge is -2.21. The molecular formula is C19H22FNO2. The zero-order chi connectivity index (χ0) is 17.0. The quantitative estimate of drug-likeness (QED) is 0.818. The van der Waals surface area contributed by atoms with Gasteiger partial charge < -0.3 is 9.64 Å². The smallest absolute Gasteiger partial charge is 0.226 e. The highest BCUT2D eigenvalue weighted by molar-refractivity contribution is 5.93. The van der Waals surface area contributed by atoms with Crippen LogP contribution in [0.4, 0.5) is 10.1 Å². The molecule has 23 heavy (non-hydrogen) atoms. The molecule has 0 aromatic heterocycles. The van der Waals surface area contributed by atoms with Crippen molar-refractivity contribution in [2.75, 3.05) is 11.9 Å². The van der Waals surface area contributed by atoms with Crippen LogP contribution in [-0.2, 0) is 11.4 Å². The van der Waals surface area contributed by atoms with Crippen molar-refractivity contribution >= 4 is 11.6 Å². The molecule has 0 fully saturated rings. The summed E-state index contributed by atoms with van der Waals surface area (Å²) in [5.74, 6) is 0.278. The molecule has 0 radical (unpaired) electrons. The summed E-state index contributed by atoms with van der Waals surface area (Å²) in [4.78, 5) is 13.4. The van der Waals surface area contributed by atoms with Crippen LogP contribution in [0.2, 0.25) is 0 Å². The van der Waals surface area contributed by atoms with Gasteiger partial charge in [0, 0.05) is 19.0 Å². The fraction of sp³-hybridized carbons (Fsp3) is 0.316. The van der Waals surface area contributed by atoms with E-state index in [1.165, 1.54) is 11.0 Å². The van der Waals surface area contributed by atoms with Gasteiger partial charge in [-0.05, 0) is 37.6 Å². The monoisotopic (exact) mass is 315 g/mol. The van der Waals surface area contributed by atoms with Gasteiger partial charge in [-0.3, -0.25) is 4.79 Å². The highest BCUT2D eigenvalue weighted by Gasteiger charge is 2.16. The highest BCUT2D eigenvalue weighted by atomic mass is 19.1. The molecule has 0 aliphatic carbocycles. The van der Waals surface area contributed by atoms with Crippen molar-refractivity contribution in [3.8, 4) is 5.75 Å². The molecule has 2 rings (SSSR count). The van der Waals surface area contributed by atoms with E-state index in [1.807, 2.05) is 32.0 Å². The first-order valence-corrected chi connectivity index (χ1v) is 7.68. The summed E-state index contributed by atoms with van der Waals surface area (Å²) in [6, 6.07) is 10.6. The molecule has 0 atom stereocenters. The van der Waals surface area contributed by atoms with Crippen LogP contribution in [0.5, 0.6) is 5.75 Å². The lowest BCUT2D eigenvalue weighted by Crippen LogP contribution is -2.26. The number of rotatable bonds is 5. The number of halogens is 1. The van der Waals surface area contributed by atoms with Crippen LogP contribution in [0, 0.1) is 19.7 Å². The first-order valence-electron chi connectivity index (χ1n) is 7.68. The third-order valence-corrected chi connectivity index (χ3v) is 3.83. The molecule has 0 heterocycles. The maximum absolute atomic E-state index is 14.2. The van der Waals surface area contributed by atoms with Crippen molar-refractivity contribution in [2.45, 2.75) is 33.8 Å². The van der Waals surface area contributed by atoms with E-state index >= 15 is 0 Å². The van der Waals surface area contributed by atoms with Crippen LogP contribution < -0.4 is 9.64 Å². The van der Waals surface area contributed by atoms with Crippen molar-refractivity contribution < 1.29 is 13.9 Å². The SMILES string of the molecule is CCC(=O)N(C)c1cccc(F)c1COc1ccc(C)cc1C. The molecular weight excluding hydrogens is 293 g/mol. The second kappa shape index (κ2) is 7.27. The summed E-state index contributed by atoms with van der Waals surface area (Å²) in [5.41, 5.74) is 3.08. The van der Waals surface area contributed by atoms with Gasteiger partial charge in [0.1, 0.15) is 18.2 Å². The molecule has 0 saturated heterocycles. The minimum atomic E-state index is -0.372. The number of ether oxygens (including phenoxy) is 1. The molecule has 1 amide bonds. The normalized spacial score (nSPS) is 10.5. The molecule has 0 N–H and O–H groups in total. The Balaban J connectivity index is 2.27. The molecule has 3 nitrogen and oxygen atoms in total. The van der Waals surface area contributed by atoms with E-state index < -0.39 is 0 Å². The summed E-state index contributed by atoms with van der Waals surface area (Å²) in [6.45, 7) is 5.83. The Bertz CT molecular complexity index is 713. The summed E-state index contributed by atoms with van der Waals surface area (Å²) in [7, 11) is 1.65. The van der Waals surface area contributed by atoms with Crippen LogP contribution in [0.25, 0.3) is 0 Å². The van der Waals surface area contributed by atoms with Crippen LogP contribution >= 0.6 is 0 Å². The predicted molar refractivity (Wildman–Crippen MR) is 90.3 cm³/mol. The molecule has 0 bridgehead atoms. The molecule has 0 unspecified atom stereocenters. The average Bonchev–Trinajstić information content (AvgIpc) is 2.53. The van der Waals surface area contributed by atoms with Gasteiger partial charge in [0.15, 0.2) is 0 Å². The van der Waals surface area contributed by atoms with Crippen LogP contribution in [0.15, 0.2) is 36.4 Å². The molecule has 0 spiro atoms. The number of anilines is 1. The first-order chi connectivity index (χ1) is 10.9.